The number of esters is 1. The minimum Gasteiger partial charge on any atom is -0.490 e. The molecule has 0 saturated carbocycles. The number of hydrogen-bond donors (Lipinski definition) is 0. The minimum absolute atomic E-state index is 0.165. The molecule has 0 spiro atoms. The van der Waals surface area contributed by atoms with Crippen molar-refractivity contribution in [2.75, 3.05) is 20.3 Å². The second-order valence-corrected chi connectivity index (χ2v) is 6.39. The predicted octanol–water partition coefficient (Wildman–Crippen LogP) is 3.38. The third-order valence-corrected chi connectivity index (χ3v) is 4.68. The summed E-state index contributed by atoms with van der Waals surface area (Å²) in [6.07, 6.45) is -0.165. The third-order valence-electron chi connectivity index (χ3n) is 4.68. The van der Waals surface area contributed by atoms with Crippen LogP contribution in [-0.2, 0) is 9.53 Å². The normalized spacial score (nSPS) is 13.8. The Morgan fingerprint density at radius 1 is 0.931 bits per heavy atom. The summed E-state index contributed by atoms with van der Waals surface area (Å²) >= 11 is 0. The summed E-state index contributed by atoms with van der Waals surface area (Å²) < 4.78 is 16.0. The zero-order chi connectivity index (χ0) is 21.0. The van der Waals surface area contributed by atoms with Crippen LogP contribution in [0.1, 0.15) is 52.6 Å². The summed E-state index contributed by atoms with van der Waals surface area (Å²) in [5.41, 5.74) is 1.23. The predicted molar refractivity (Wildman–Crippen MR) is 105 cm³/mol. The third kappa shape index (κ3) is 3.94. The highest BCUT2D eigenvalue weighted by Crippen LogP contribution is 2.37. The fraction of sp³-hybridized carbons (Fsp3) is 0.318. The van der Waals surface area contributed by atoms with E-state index >= 15 is 0 Å². The topological polar surface area (TPSA) is 82.1 Å². The molecule has 0 N–H and O–H groups in total. The second kappa shape index (κ2) is 8.77. The van der Waals surface area contributed by atoms with Crippen LogP contribution in [0.25, 0.3) is 0 Å². The Labute approximate surface area is 169 Å². The summed E-state index contributed by atoms with van der Waals surface area (Å²) in [5.74, 6) is -0.369. The number of fused-ring (bicyclic) bond motifs is 1. The van der Waals surface area contributed by atoms with Gasteiger partial charge in [-0.05, 0) is 43.7 Å². The van der Waals surface area contributed by atoms with Crippen molar-refractivity contribution >= 4 is 17.8 Å². The number of ether oxygens (including phenoxy) is 3. The molecule has 0 radical (unpaired) electrons. The molecule has 1 atom stereocenters. The molecule has 1 aliphatic rings. The standard InChI is InChI=1S/C22H23NO6/c1-4-28-18-11-10-14(12-19(18)29-5-2)17(13-20(24)27-3)23-21(25)15-8-6-7-9-16(15)22(23)26/h6-12,17H,4-5,13H2,1-3H3. The lowest BCUT2D eigenvalue weighted by Gasteiger charge is -2.26. The van der Waals surface area contributed by atoms with Crippen LogP contribution in [0, 0.1) is 0 Å². The Kier molecular flexibility index (Phi) is 6.16. The van der Waals surface area contributed by atoms with Gasteiger partial charge in [0.05, 0.1) is 43.9 Å². The Morgan fingerprint density at radius 2 is 1.52 bits per heavy atom. The second-order valence-electron chi connectivity index (χ2n) is 6.39. The van der Waals surface area contributed by atoms with E-state index in [0.717, 1.165) is 4.90 Å². The average molecular weight is 397 g/mol. The largest absolute Gasteiger partial charge is 0.490 e. The zero-order valence-corrected chi connectivity index (χ0v) is 16.6. The molecule has 3 rings (SSSR count). The molecule has 2 aromatic rings. The molecule has 152 valence electrons. The van der Waals surface area contributed by atoms with Gasteiger partial charge in [0.15, 0.2) is 11.5 Å². The number of rotatable bonds is 8. The molecule has 2 amide bonds. The van der Waals surface area contributed by atoms with Crippen molar-refractivity contribution < 1.29 is 28.6 Å². The van der Waals surface area contributed by atoms with Crippen molar-refractivity contribution in [2.24, 2.45) is 0 Å². The fourth-order valence-corrected chi connectivity index (χ4v) is 3.37. The van der Waals surface area contributed by atoms with E-state index in [2.05, 4.69) is 0 Å². The molecule has 0 fully saturated rings. The van der Waals surface area contributed by atoms with E-state index in [1.54, 1.807) is 42.5 Å². The Morgan fingerprint density at radius 3 is 2.07 bits per heavy atom. The van der Waals surface area contributed by atoms with Gasteiger partial charge in [-0.15, -0.1) is 0 Å². The lowest BCUT2D eigenvalue weighted by Crippen LogP contribution is -2.35. The van der Waals surface area contributed by atoms with E-state index in [1.807, 2.05) is 13.8 Å². The molecule has 2 aromatic carbocycles. The van der Waals surface area contributed by atoms with E-state index in [1.165, 1.54) is 7.11 Å². The maximum Gasteiger partial charge on any atom is 0.307 e. The van der Waals surface area contributed by atoms with Gasteiger partial charge in [0.2, 0.25) is 0 Å². The van der Waals surface area contributed by atoms with Gasteiger partial charge in [0, 0.05) is 0 Å². The van der Waals surface area contributed by atoms with Crippen molar-refractivity contribution in [2.45, 2.75) is 26.3 Å². The molecular formula is C22H23NO6. The summed E-state index contributed by atoms with van der Waals surface area (Å²) in [5, 5.41) is 0. The van der Waals surface area contributed by atoms with Gasteiger partial charge in [-0.3, -0.25) is 19.3 Å². The monoisotopic (exact) mass is 397 g/mol. The Balaban J connectivity index is 2.05. The minimum atomic E-state index is -0.829. The van der Waals surface area contributed by atoms with Gasteiger partial charge >= 0.3 is 5.97 Å². The molecule has 0 aromatic heterocycles. The van der Waals surface area contributed by atoms with Crippen LogP contribution in [0.15, 0.2) is 42.5 Å². The van der Waals surface area contributed by atoms with Gasteiger partial charge < -0.3 is 14.2 Å². The number of amides is 2. The molecule has 0 saturated heterocycles. The van der Waals surface area contributed by atoms with Gasteiger partial charge in [0.1, 0.15) is 0 Å². The van der Waals surface area contributed by atoms with Gasteiger partial charge in [-0.2, -0.15) is 0 Å². The van der Waals surface area contributed by atoms with Gasteiger partial charge in [-0.1, -0.05) is 18.2 Å². The smallest absolute Gasteiger partial charge is 0.307 e. The molecule has 1 unspecified atom stereocenters. The molecule has 7 nitrogen and oxygen atoms in total. The van der Waals surface area contributed by atoms with Crippen LogP contribution in [0.5, 0.6) is 11.5 Å². The van der Waals surface area contributed by atoms with E-state index < -0.39 is 23.8 Å². The molecule has 0 aliphatic carbocycles. The number of carbonyl (C=O) groups excluding carboxylic acids is 3. The molecule has 7 heteroatoms. The maximum atomic E-state index is 13.0. The molecule has 0 bridgehead atoms. The fourth-order valence-electron chi connectivity index (χ4n) is 3.37. The van der Waals surface area contributed by atoms with E-state index in [0.29, 0.717) is 41.4 Å². The van der Waals surface area contributed by atoms with Crippen molar-refractivity contribution in [3.05, 3.63) is 59.2 Å². The summed E-state index contributed by atoms with van der Waals surface area (Å²) in [7, 11) is 1.27. The van der Waals surface area contributed by atoms with Crippen LogP contribution in [0.2, 0.25) is 0 Å². The molecule has 1 heterocycles. The highest BCUT2D eigenvalue weighted by atomic mass is 16.5. The first-order valence-electron chi connectivity index (χ1n) is 9.45. The first-order valence-corrected chi connectivity index (χ1v) is 9.45. The van der Waals surface area contributed by atoms with Gasteiger partial charge in [-0.25, -0.2) is 0 Å². The maximum absolute atomic E-state index is 13.0. The van der Waals surface area contributed by atoms with Crippen molar-refractivity contribution in [3.8, 4) is 11.5 Å². The number of imide groups is 1. The lowest BCUT2D eigenvalue weighted by molar-refractivity contribution is -0.141. The Bertz CT molecular complexity index is 904. The number of benzene rings is 2. The van der Waals surface area contributed by atoms with Crippen molar-refractivity contribution in [1.82, 2.24) is 4.90 Å². The average Bonchev–Trinajstić information content (AvgIpc) is 2.98. The Hall–Kier alpha value is -3.35. The quantitative estimate of drug-likeness (QED) is 0.502. The molecule has 1 aliphatic heterocycles. The number of methoxy groups -OCH3 is 1. The van der Waals surface area contributed by atoms with Crippen molar-refractivity contribution in [1.29, 1.82) is 0 Å². The number of hydrogen-bond acceptors (Lipinski definition) is 6. The first-order chi connectivity index (χ1) is 14.0. The summed E-state index contributed by atoms with van der Waals surface area (Å²) in [4.78, 5) is 39.1. The molecular weight excluding hydrogens is 374 g/mol. The van der Waals surface area contributed by atoms with E-state index in [4.69, 9.17) is 14.2 Å². The van der Waals surface area contributed by atoms with Crippen LogP contribution in [-0.4, -0.2) is 43.0 Å². The van der Waals surface area contributed by atoms with Crippen LogP contribution < -0.4 is 9.47 Å². The summed E-state index contributed by atoms with van der Waals surface area (Å²) in [6, 6.07) is 10.9. The van der Waals surface area contributed by atoms with Crippen molar-refractivity contribution in [3.63, 3.8) is 0 Å². The molecule has 29 heavy (non-hydrogen) atoms. The highest BCUT2D eigenvalue weighted by Gasteiger charge is 2.41. The van der Waals surface area contributed by atoms with Crippen LogP contribution >= 0.6 is 0 Å². The van der Waals surface area contributed by atoms with E-state index in [9.17, 15) is 14.4 Å². The van der Waals surface area contributed by atoms with E-state index in [-0.39, 0.29) is 6.42 Å². The zero-order valence-electron chi connectivity index (χ0n) is 16.6. The summed E-state index contributed by atoms with van der Waals surface area (Å²) in [6.45, 7) is 4.59. The number of nitrogens with zero attached hydrogens (tertiary/aromatic N) is 1. The van der Waals surface area contributed by atoms with Crippen LogP contribution in [0.4, 0.5) is 0 Å². The lowest BCUT2D eigenvalue weighted by atomic mass is 10.0. The van der Waals surface area contributed by atoms with Crippen LogP contribution in [0.3, 0.4) is 0 Å². The van der Waals surface area contributed by atoms with Gasteiger partial charge in [0.25, 0.3) is 11.8 Å². The SMILES string of the molecule is CCOc1ccc(C(CC(=O)OC)N2C(=O)c3ccccc3C2=O)cc1OCC. The highest BCUT2D eigenvalue weighted by molar-refractivity contribution is 6.21. The first kappa shape index (κ1) is 20.4. The number of carbonyl (C=O) groups is 3.